The number of carbonyl (C=O) groups is 1. The van der Waals surface area contributed by atoms with Crippen LogP contribution >= 0.6 is 0 Å². The predicted molar refractivity (Wildman–Crippen MR) is 112 cm³/mol. The van der Waals surface area contributed by atoms with E-state index in [-0.39, 0.29) is 17.0 Å². The third kappa shape index (κ3) is 5.43. The van der Waals surface area contributed by atoms with E-state index in [9.17, 15) is 18.3 Å². The van der Waals surface area contributed by atoms with E-state index < -0.39 is 16.0 Å². The van der Waals surface area contributed by atoms with E-state index in [0.29, 0.717) is 29.9 Å². The maximum Gasteiger partial charge on any atom is 0.336 e. The monoisotopic (exact) mass is 426 g/mol. The van der Waals surface area contributed by atoms with Crippen LogP contribution in [0.3, 0.4) is 0 Å². The van der Waals surface area contributed by atoms with Crippen LogP contribution in [0.1, 0.15) is 28.4 Å². The van der Waals surface area contributed by atoms with Crippen molar-refractivity contribution in [1.82, 2.24) is 9.71 Å². The summed E-state index contributed by atoms with van der Waals surface area (Å²) in [6.45, 7) is 2.00. The van der Waals surface area contributed by atoms with Crippen molar-refractivity contribution in [3.05, 3.63) is 83.7 Å². The first kappa shape index (κ1) is 21.5. The molecule has 0 atom stereocenters. The van der Waals surface area contributed by atoms with Crippen molar-refractivity contribution in [3.8, 4) is 11.5 Å². The van der Waals surface area contributed by atoms with E-state index >= 15 is 0 Å². The molecule has 0 aliphatic carbocycles. The van der Waals surface area contributed by atoms with E-state index in [1.54, 1.807) is 42.7 Å². The van der Waals surface area contributed by atoms with Crippen molar-refractivity contribution in [3.63, 3.8) is 0 Å². The van der Waals surface area contributed by atoms with Gasteiger partial charge in [-0.1, -0.05) is 25.1 Å². The van der Waals surface area contributed by atoms with Crippen molar-refractivity contribution in [2.24, 2.45) is 0 Å². The minimum atomic E-state index is -3.81. The number of rotatable bonds is 9. The molecule has 1 heterocycles. The van der Waals surface area contributed by atoms with Gasteiger partial charge in [0.1, 0.15) is 11.5 Å². The Balaban J connectivity index is 1.60. The molecular weight excluding hydrogens is 404 g/mol. The molecule has 0 aliphatic heterocycles. The highest BCUT2D eigenvalue weighted by Crippen LogP contribution is 2.21. The van der Waals surface area contributed by atoms with Crippen molar-refractivity contribution in [2.75, 3.05) is 6.54 Å². The van der Waals surface area contributed by atoms with Gasteiger partial charge in [0, 0.05) is 12.7 Å². The molecule has 0 saturated heterocycles. The molecule has 0 fully saturated rings. The van der Waals surface area contributed by atoms with Crippen molar-refractivity contribution in [1.29, 1.82) is 0 Å². The van der Waals surface area contributed by atoms with E-state index in [2.05, 4.69) is 9.71 Å². The zero-order valence-electron chi connectivity index (χ0n) is 16.4. The molecule has 1 aromatic heterocycles. The van der Waals surface area contributed by atoms with Crippen LogP contribution in [0.5, 0.6) is 11.5 Å². The SMILES string of the molecule is CCc1ccc(S(=O)(=O)NCCc2ccc(Oc3cccnc3)cc2)cc1C(=O)O. The van der Waals surface area contributed by atoms with Gasteiger partial charge in [-0.15, -0.1) is 0 Å². The van der Waals surface area contributed by atoms with Gasteiger partial charge < -0.3 is 9.84 Å². The third-order valence-electron chi connectivity index (χ3n) is 4.50. The Labute approximate surface area is 175 Å². The Morgan fingerprint density at radius 2 is 1.87 bits per heavy atom. The van der Waals surface area contributed by atoms with Crippen LogP contribution < -0.4 is 9.46 Å². The fourth-order valence-electron chi connectivity index (χ4n) is 2.91. The van der Waals surface area contributed by atoms with Crippen molar-refractivity contribution < 1.29 is 23.1 Å². The number of benzene rings is 2. The molecule has 7 nitrogen and oxygen atoms in total. The molecule has 2 N–H and O–H groups in total. The summed E-state index contributed by atoms with van der Waals surface area (Å²) in [4.78, 5) is 15.3. The second-order valence-corrected chi connectivity index (χ2v) is 8.33. The number of aromatic carboxylic acids is 1. The molecule has 0 saturated carbocycles. The lowest BCUT2D eigenvalue weighted by atomic mass is 10.1. The number of pyridine rings is 1. The van der Waals surface area contributed by atoms with Gasteiger partial charge in [-0.05, 0) is 60.4 Å². The topological polar surface area (TPSA) is 106 Å². The van der Waals surface area contributed by atoms with Crippen LogP contribution in [-0.2, 0) is 22.9 Å². The number of carboxylic acid groups (broad SMARTS) is 1. The Hall–Kier alpha value is -3.23. The van der Waals surface area contributed by atoms with E-state index in [1.807, 2.05) is 19.1 Å². The number of hydrogen-bond acceptors (Lipinski definition) is 5. The fourth-order valence-corrected chi connectivity index (χ4v) is 3.97. The predicted octanol–water partition coefficient (Wildman–Crippen LogP) is 3.66. The molecule has 156 valence electrons. The van der Waals surface area contributed by atoms with E-state index in [0.717, 1.165) is 5.56 Å². The van der Waals surface area contributed by atoms with Crippen molar-refractivity contribution >= 4 is 16.0 Å². The molecule has 0 amide bonds. The number of carboxylic acids is 1. The lowest BCUT2D eigenvalue weighted by Crippen LogP contribution is -2.26. The van der Waals surface area contributed by atoms with Crippen LogP contribution in [0.15, 0.2) is 71.9 Å². The van der Waals surface area contributed by atoms with Crippen LogP contribution in [0.25, 0.3) is 0 Å². The lowest BCUT2D eigenvalue weighted by Gasteiger charge is -2.10. The van der Waals surface area contributed by atoms with Gasteiger partial charge in [0.15, 0.2) is 0 Å². The largest absolute Gasteiger partial charge is 0.478 e. The molecule has 2 aromatic carbocycles. The summed E-state index contributed by atoms with van der Waals surface area (Å²) in [5.74, 6) is 0.148. The van der Waals surface area contributed by atoms with Crippen LogP contribution in [0.4, 0.5) is 0 Å². The molecule has 0 radical (unpaired) electrons. The Bertz CT molecular complexity index is 1110. The van der Waals surface area contributed by atoms with Gasteiger partial charge in [-0.3, -0.25) is 4.98 Å². The average molecular weight is 426 g/mol. The van der Waals surface area contributed by atoms with E-state index in [1.165, 1.54) is 12.1 Å². The zero-order chi connectivity index (χ0) is 21.6. The van der Waals surface area contributed by atoms with Gasteiger partial charge in [-0.25, -0.2) is 17.9 Å². The summed E-state index contributed by atoms with van der Waals surface area (Å²) in [6, 6.07) is 15.1. The molecule has 0 unspecified atom stereocenters. The van der Waals surface area contributed by atoms with Gasteiger partial charge in [0.2, 0.25) is 10.0 Å². The second-order valence-electron chi connectivity index (χ2n) is 6.56. The van der Waals surface area contributed by atoms with E-state index in [4.69, 9.17) is 4.74 Å². The number of aromatic nitrogens is 1. The number of sulfonamides is 1. The normalized spacial score (nSPS) is 11.2. The van der Waals surface area contributed by atoms with Gasteiger partial charge >= 0.3 is 5.97 Å². The lowest BCUT2D eigenvalue weighted by molar-refractivity contribution is 0.0695. The fraction of sp³-hybridized carbons (Fsp3) is 0.182. The standard InChI is InChI=1S/C22H22N2O5S/c1-2-17-7-10-20(14-21(17)22(25)26)30(27,28)24-13-11-16-5-8-18(9-6-16)29-19-4-3-12-23-15-19/h3-10,12,14-15,24H,2,11,13H2,1H3,(H,25,26). The smallest absolute Gasteiger partial charge is 0.336 e. The summed E-state index contributed by atoms with van der Waals surface area (Å²) in [5.41, 5.74) is 1.53. The zero-order valence-corrected chi connectivity index (χ0v) is 17.2. The molecule has 3 aromatic rings. The summed E-state index contributed by atoms with van der Waals surface area (Å²) in [5, 5.41) is 9.30. The highest BCUT2D eigenvalue weighted by Gasteiger charge is 2.18. The summed E-state index contributed by atoms with van der Waals surface area (Å²) >= 11 is 0. The summed E-state index contributed by atoms with van der Waals surface area (Å²) in [7, 11) is -3.81. The molecule has 8 heteroatoms. The summed E-state index contributed by atoms with van der Waals surface area (Å²) < 4.78 is 33.2. The number of hydrogen-bond donors (Lipinski definition) is 2. The Kier molecular flexibility index (Phi) is 6.81. The molecule has 0 spiro atoms. The minimum absolute atomic E-state index is 0.00424. The first-order valence-electron chi connectivity index (χ1n) is 9.42. The Morgan fingerprint density at radius 1 is 1.10 bits per heavy atom. The Morgan fingerprint density at radius 3 is 2.50 bits per heavy atom. The number of aryl methyl sites for hydroxylation is 1. The van der Waals surface area contributed by atoms with Crippen molar-refractivity contribution in [2.45, 2.75) is 24.7 Å². The number of ether oxygens (including phenoxy) is 1. The van der Waals surface area contributed by atoms with Gasteiger partial charge in [0.25, 0.3) is 0 Å². The van der Waals surface area contributed by atoms with Crippen LogP contribution in [0.2, 0.25) is 0 Å². The maximum absolute atomic E-state index is 12.5. The second kappa shape index (κ2) is 9.51. The van der Waals surface area contributed by atoms with Gasteiger partial charge in [0.05, 0.1) is 16.7 Å². The number of nitrogens with one attached hydrogen (secondary N) is 1. The first-order valence-corrected chi connectivity index (χ1v) is 10.9. The molecular formula is C22H22N2O5S. The molecule has 3 rings (SSSR count). The third-order valence-corrected chi connectivity index (χ3v) is 5.96. The molecule has 30 heavy (non-hydrogen) atoms. The maximum atomic E-state index is 12.5. The number of nitrogens with zero attached hydrogens (tertiary/aromatic N) is 1. The van der Waals surface area contributed by atoms with Gasteiger partial charge in [-0.2, -0.15) is 0 Å². The summed E-state index contributed by atoms with van der Waals surface area (Å²) in [6.07, 6.45) is 4.27. The minimum Gasteiger partial charge on any atom is -0.478 e. The highest BCUT2D eigenvalue weighted by atomic mass is 32.2. The highest BCUT2D eigenvalue weighted by molar-refractivity contribution is 7.89. The molecule has 0 aliphatic rings. The van der Waals surface area contributed by atoms with Crippen LogP contribution in [-0.4, -0.2) is 31.0 Å². The van der Waals surface area contributed by atoms with Crippen LogP contribution in [0, 0.1) is 0 Å². The quantitative estimate of drug-likeness (QED) is 0.541. The average Bonchev–Trinajstić information content (AvgIpc) is 2.75. The first-order chi connectivity index (χ1) is 14.4. The molecule has 0 bridgehead atoms.